The van der Waals surface area contributed by atoms with Crippen LogP contribution in [0, 0.1) is 0 Å². The van der Waals surface area contributed by atoms with E-state index in [1.165, 1.54) is 6.26 Å². The van der Waals surface area contributed by atoms with Crippen LogP contribution in [0.3, 0.4) is 0 Å². The van der Waals surface area contributed by atoms with Crippen LogP contribution in [0.1, 0.15) is 33.1 Å². The molecule has 0 aliphatic rings. The summed E-state index contributed by atoms with van der Waals surface area (Å²) in [6.45, 7) is 3.87. The zero-order chi connectivity index (χ0) is 9.78. The van der Waals surface area contributed by atoms with Gasteiger partial charge < -0.3 is 5.73 Å². The first kappa shape index (κ1) is 11.9. The van der Waals surface area contributed by atoms with E-state index in [9.17, 15) is 8.42 Å². The Morgan fingerprint density at radius 3 is 2.08 bits per heavy atom. The second kappa shape index (κ2) is 4.82. The third kappa shape index (κ3) is 3.54. The van der Waals surface area contributed by atoms with E-state index >= 15 is 0 Å². The fraction of sp³-hybridized carbons (Fsp3) is 1.00. The first-order valence-electron chi connectivity index (χ1n) is 4.37. The van der Waals surface area contributed by atoms with Crippen molar-refractivity contribution >= 4 is 9.84 Å². The van der Waals surface area contributed by atoms with Crippen molar-refractivity contribution in [3.8, 4) is 0 Å². The minimum absolute atomic E-state index is 0.199. The molecule has 0 radical (unpaired) electrons. The van der Waals surface area contributed by atoms with Crippen LogP contribution in [-0.4, -0.2) is 26.0 Å². The van der Waals surface area contributed by atoms with Gasteiger partial charge >= 0.3 is 0 Å². The van der Waals surface area contributed by atoms with Gasteiger partial charge in [-0.05, 0) is 12.8 Å². The molecule has 0 aromatic carbocycles. The molecule has 74 valence electrons. The molecule has 0 saturated carbocycles. The second-order valence-corrected chi connectivity index (χ2v) is 5.49. The van der Waals surface area contributed by atoms with Gasteiger partial charge in [0.2, 0.25) is 0 Å². The van der Waals surface area contributed by atoms with Gasteiger partial charge in [-0.15, -0.1) is 0 Å². The summed E-state index contributed by atoms with van der Waals surface area (Å²) in [7, 11) is -2.96. The Labute approximate surface area is 75.3 Å². The Morgan fingerprint density at radius 1 is 1.33 bits per heavy atom. The van der Waals surface area contributed by atoms with Crippen LogP contribution in [0.25, 0.3) is 0 Å². The molecule has 0 aromatic rings. The van der Waals surface area contributed by atoms with Crippen LogP contribution >= 0.6 is 0 Å². The fourth-order valence-electron chi connectivity index (χ4n) is 1.44. The van der Waals surface area contributed by atoms with E-state index in [2.05, 4.69) is 0 Å². The first-order valence-corrected chi connectivity index (χ1v) is 6.33. The van der Waals surface area contributed by atoms with Gasteiger partial charge in [0.15, 0.2) is 9.84 Å². The highest BCUT2D eigenvalue weighted by atomic mass is 32.2. The summed E-state index contributed by atoms with van der Waals surface area (Å²) in [5.41, 5.74) is 5.75. The number of rotatable bonds is 5. The van der Waals surface area contributed by atoms with Gasteiger partial charge in [0.25, 0.3) is 0 Å². The average Bonchev–Trinajstić information content (AvgIpc) is 1.85. The maximum absolute atomic E-state index is 11.2. The molecule has 0 rings (SSSR count). The van der Waals surface area contributed by atoms with Gasteiger partial charge in [0.1, 0.15) is 0 Å². The lowest BCUT2D eigenvalue weighted by Crippen LogP contribution is -2.39. The molecule has 0 bridgehead atoms. The van der Waals surface area contributed by atoms with Gasteiger partial charge in [-0.25, -0.2) is 8.42 Å². The number of nitrogens with two attached hydrogens (primary N) is 1. The van der Waals surface area contributed by atoms with E-state index in [0.717, 1.165) is 12.8 Å². The SMILES string of the molecule is CCCC(N)C(CC)S(C)(=O)=O. The number of hydrogen-bond acceptors (Lipinski definition) is 3. The molecule has 0 heterocycles. The summed E-state index contributed by atoms with van der Waals surface area (Å²) in [5.74, 6) is 0. The highest BCUT2D eigenvalue weighted by molar-refractivity contribution is 7.91. The molecule has 12 heavy (non-hydrogen) atoms. The molecule has 0 aliphatic carbocycles. The number of hydrogen-bond donors (Lipinski definition) is 1. The Balaban J connectivity index is 4.35. The Bertz CT molecular complexity index is 211. The topological polar surface area (TPSA) is 60.2 Å². The lowest BCUT2D eigenvalue weighted by Gasteiger charge is -2.19. The van der Waals surface area contributed by atoms with Crippen molar-refractivity contribution in [2.45, 2.75) is 44.4 Å². The molecule has 2 atom stereocenters. The van der Waals surface area contributed by atoms with Crippen molar-refractivity contribution in [3.05, 3.63) is 0 Å². The standard InChI is InChI=1S/C8H19NO2S/c1-4-6-7(9)8(5-2)12(3,10)11/h7-8H,4-6,9H2,1-3H3. The minimum atomic E-state index is -2.96. The predicted molar refractivity (Wildman–Crippen MR) is 51.8 cm³/mol. The van der Waals surface area contributed by atoms with Crippen molar-refractivity contribution in [1.29, 1.82) is 0 Å². The van der Waals surface area contributed by atoms with Gasteiger partial charge in [-0.3, -0.25) is 0 Å². The molecule has 0 aromatic heterocycles. The molecular weight excluding hydrogens is 174 g/mol. The molecule has 4 heteroatoms. The van der Waals surface area contributed by atoms with Gasteiger partial charge in [-0.2, -0.15) is 0 Å². The first-order chi connectivity index (χ1) is 5.43. The van der Waals surface area contributed by atoms with E-state index in [-0.39, 0.29) is 11.3 Å². The van der Waals surface area contributed by atoms with Gasteiger partial charge in [0, 0.05) is 12.3 Å². The van der Waals surface area contributed by atoms with Crippen molar-refractivity contribution in [1.82, 2.24) is 0 Å². The van der Waals surface area contributed by atoms with E-state index in [1.54, 1.807) is 0 Å². The molecule has 0 amide bonds. The fourth-order valence-corrected chi connectivity index (χ4v) is 2.82. The summed E-state index contributed by atoms with van der Waals surface area (Å²) < 4.78 is 22.4. The zero-order valence-electron chi connectivity index (χ0n) is 8.08. The Kier molecular flexibility index (Phi) is 4.78. The van der Waals surface area contributed by atoms with Crippen LogP contribution in [0.15, 0.2) is 0 Å². The third-order valence-electron chi connectivity index (χ3n) is 2.05. The maximum Gasteiger partial charge on any atom is 0.151 e. The van der Waals surface area contributed by atoms with Crippen LogP contribution in [0.5, 0.6) is 0 Å². The van der Waals surface area contributed by atoms with Crippen molar-refractivity contribution < 1.29 is 8.42 Å². The van der Waals surface area contributed by atoms with Crippen LogP contribution in [-0.2, 0) is 9.84 Å². The van der Waals surface area contributed by atoms with E-state index in [1.807, 2.05) is 13.8 Å². The smallest absolute Gasteiger partial charge is 0.151 e. The molecule has 2 unspecified atom stereocenters. The largest absolute Gasteiger partial charge is 0.327 e. The van der Waals surface area contributed by atoms with Crippen LogP contribution < -0.4 is 5.73 Å². The normalized spacial score (nSPS) is 17.3. The van der Waals surface area contributed by atoms with E-state index < -0.39 is 9.84 Å². The Hall–Kier alpha value is -0.0900. The second-order valence-electron chi connectivity index (χ2n) is 3.23. The summed E-state index contributed by atoms with van der Waals surface area (Å²) in [5, 5.41) is -0.363. The molecule has 0 fully saturated rings. The van der Waals surface area contributed by atoms with Crippen molar-refractivity contribution in [3.63, 3.8) is 0 Å². The highest BCUT2D eigenvalue weighted by Crippen LogP contribution is 2.11. The zero-order valence-corrected chi connectivity index (χ0v) is 8.89. The lowest BCUT2D eigenvalue weighted by molar-refractivity contribution is 0.520. The minimum Gasteiger partial charge on any atom is -0.327 e. The summed E-state index contributed by atoms with van der Waals surface area (Å²) in [6.07, 6.45) is 3.59. The molecular formula is C8H19NO2S. The van der Waals surface area contributed by atoms with Crippen LogP contribution in [0.4, 0.5) is 0 Å². The number of sulfone groups is 1. The molecule has 2 N–H and O–H groups in total. The van der Waals surface area contributed by atoms with Gasteiger partial charge in [0.05, 0.1) is 5.25 Å². The highest BCUT2D eigenvalue weighted by Gasteiger charge is 2.24. The molecule has 3 nitrogen and oxygen atoms in total. The third-order valence-corrected chi connectivity index (χ3v) is 3.83. The maximum atomic E-state index is 11.2. The monoisotopic (exact) mass is 193 g/mol. The summed E-state index contributed by atoms with van der Waals surface area (Å²) in [6, 6.07) is -0.199. The van der Waals surface area contributed by atoms with E-state index in [4.69, 9.17) is 5.73 Å². The summed E-state index contributed by atoms with van der Waals surface area (Å²) in [4.78, 5) is 0. The van der Waals surface area contributed by atoms with E-state index in [0.29, 0.717) is 6.42 Å². The molecule has 0 spiro atoms. The van der Waals surface area contributed by atoms with Crippen LogP contribution in [0.2, 0.25) is 0 Å². The Morgan fingerprint density at radius 2 is 1.83 bits per heavy atom. The summed E-state index contributed by atoms with van der Waals surface area (Å²) >= 11 is 0. The van der Waals surface area contributed by atoms with Gasteiger partial charge in [-0.1, -0.05) is 20.3 Å². The van der Waals surface area contributed by atoms with Crippen molar-refractivity contribution in [2.75, 3.05) is 6.26 Å². The van der Waals surface area contributed by atoms with Crippen molar-refractivity contribution in [2.24, 2.45) is 5.73 Å². The molecule has 0 aliphatic heterocycles. The molecule has 0 saturated heterocycles. The average molecular weight is 193 g/mol. The lowest BCUT2D eigenvalue weighted by atomic mass is 10.1. The quantitative estimate of drug-likeness (QED) is 0.707. The predicted octanol–water partition coefficient (Wildman–Crippen LogP) is 0.937.